The van der Waals surface area contributed by atoms with Crippen LogP contribution in [-0.2, 0) is 6.42 Å². The van der Waals surface area contributed by atoms with Crippen molar-refractivity contribution < 1.29 is 4.74 Å². The Labute approximate surface area is 186 Å². The Morgan fingerprint density at radius 1 is 1.23 bits per heavy atom. The van der Waals surface area contributed by atoms with Crippen molar-refractivity contribution in [3.05, 3.63) is 57.6 Å². The number of H-pyrrole nitrogens is 1. The highest BCUT2D eigenvalue weighted by atomic mass is 35.5. The molecule has 1 aliphatic heterocycles. The van der Waals surface area contributed by atoms with E-state index in [9.17, 15) is 4.79 Å². The van der Waals surface area contributed by atoms with Crippen molar-refractivity contribution in [2.24, 2.45) is 0 Å². The van der Waals surface area contributed by atoms with Crippen molar-refractivity contribution in [3.63, 3.8) is 0 Å². The zero-order valence-corrected chi connectivity index (χ0v) is 18.6. The molecule has 1 aliphatic rings. The molecule has 0 atom stereocenters. The summed E-state index contributed by atoms with van der Waals surface area (Å²) in [5, 5.41) is 10.3. The number of aryl methyl sites for hydroxylation is 1. The number of fused-ring (bicyclic) bond motifs is 1. The van der Waals surface area contributed by atoms with Crippen LogP contribution in [0.15, 0.2) is 41.3 Å². The average molecular weight is 445 g/mol. The van der Waals surface area contributed by atoms with E-state index in [-0.39, 0.29) is 5.69 Å². The third-order valence-electron chi connectivity index (χ3n) is 5.61. The van der Waals surface area contributed by atoms with Crippen molar-refractivity contribution in [3.8, 4) is 5.75 Å². The fourth-order valence-electron chi connectivity index (χ4n) is 3.78. The first-order valence-corrected chi connectivity index (χ1v) is 11.1. The third kappa shape index (κ3) is 5.78. The Morgan fingerprint density at radius 2 is 2.06 bits per heavy atom. The predicted molar refractivity (Wildman–Crippen MR) is 124 cm³/mol. The third-order valence-corrected chi connectivity index (χ3v) is 5.81. The molecule has 3 aromatic rings. The maximum absolute atomic E-state index is 11.8. The van der Waals surface area contributed by atoms with Crippen LogP contribution in [0.5, 0.6) is 5.75 Å². The fraction of sp³-hybridized carbons (Fsp3) is 0.455. The van der Waals surface area contributed by atoms with Crippen molar-refractivity contribution in [2.75, 3.05) is 58.2 Å². The molecular weight excluding hydrogens is 416 g/mol. The number of nitrogens with zero attached hydrogens (tertiary/aromatic N) is 4. The van der Waals surface area contributed by atoms with Gasteiger partial charge in [-0.25, -0.2) is 14.3 Å². The minimum absolute atomic E-state index is 0.301. The van der Waals surface area contributed by atoms with Gasteiger partial charge in [-0.1, -0.05) is 23.7 Å². The van der Waals surface area contributed by atoms with Crippen LogP contribution < -0.4 is 15.7 Å². The van der Waals surface area contributed by atoms with Gasteiger partial charge in [-0.3, -0.25) is 4.90 Å². The molecule has 8 nitrogen and oxygen atoms in total. The lowest BCUT2D eigenvalue weighted by Crippen LogP contribution is -2.45. The van der Waals surface area contributed by atoms with E-state index in [2.05, 4.69) is 44.5 Å². The Hall–Kier alpha value is -2.55. The van der Waals surface area contributed by atoms with Gasteiger partial charge in [0.15, 0.2) is 5.65 Å². The van der Waals surface area contributed by atoms with Gasteiger partial charge in [0.05, 0.1) is 10.7 Å². The summed E-state index contributed by atoms with van der Waals surface area (Å²) in [7, 11) is 2.17. The second-order valence-corrected chi connectivity index (χ2v) is 8.40. The fourth-order valence-corrected chi connectivity index (χ4v) is 3.98. The van der Waals surface area contributed by atoms with E-state index >= 15 is 0 Å². The van der Waals surface area contributed by atoms with Crippen molar-refractivity contribution in [1.82, 2.24) is 24.4 Å². The molecule has 3 heterocycles. The number of aromatic nitrogens is 3. The number of nitrogens with one attached hydrogen (secondary N) is 2. The number of aromatic amines is 1. The molecule has 1 saturated heterocycles. The number of benzene rings is 1. The molecule has 166 valence electrons. The predicted octanol–water partition coefficient (Wildman–Crippen LogP) is 2.35. The normalized spacial score (nSPS) is 15.4. The summed E-state index contributed by atoms with van der Waals surface area (Å²) < 4.78 is 7.40. The summed E-state index contributed by atoms with van der Waals surface area (Å²) in [6, 6.07) is 10.1. The Morgan fingerprint density at radius 3 is 2.90 bits per heavy atom. The van der Waals surface area contributed by atoms with Gasteiger partial charge in [0.2, 0.25) is 0 Å². The van der Waals surface area contributed by atoms with Gasteiger partial charge >= 0.3 is 5.69 Å². The monoisotopic (exact) mass is 444 g/mol. The lowest BCUT2D eigenvalue weighted by Gasteiger charge is -2.32. The Bertz CT molecular complexity index is 1060. The van der Waals surface area contributed by atoms with Gasteiger partial charge in [0, 0.05) is 45.5 Å². The largest absolute Gasteiger partial charge is 0.492 e. The van der Waals surface area contributed by atoms with E-state index in [0.29, 0.717) is 17.3 Å². The van der Waals surface area contributed by atoms with Gasteiger partial charge in [-0.2, -0.15) is 5.10 Å². The van der Waals surface area contributed by atoms with E-state index in [1.165, 1.54) is 9.96 Å². The van der Waals surface area contributed by atoms with Crippen molar-refractivity contribution >= 4 is 22.9 Å². The van der Waals surface area contributed by atoms with Gasteiger partial charge in [0.1, 0.15) is 12.4 Å². The van der Waals surface area contributed by atoms with E-state index in [4.69, 9.17) is 16.3 Å². The topological polar surface area (TPSA) is 77.9 Å². The SMILES string of the molecule is CN1CCN(CCOc2cccc(CCCNc3cc(Cl)cn4c(=O)[nH]nc34)c2)CC1. The van der Waals surface area contributed by atoms with Gasteiger partial charge in [-0.05, 0) is 43.7 Å². The second-order valence-electron chi connectivity index (χ2n) is 7.97. The molecule has 0 amide bonds. The summed E-state index contributed by atoms with van der Waals surface area (Å²) in [5.41, 5.74) is 2.23. The smallest absolute Gasteiger partial charge is 0.347 e. The number of piperazine rings is 1. The molecule has 0 saturated carbocycles. The van der Waals surface area contributed by atoms with E-state index in [1.54, 1.807) is 12.3 Å². The Balaban J connectivity index is 1.23. The average Bonchev–Trinajstić information content (AvgIpc) is 3.13. The van der Waals surface area contributed by atoms with Crippen molar-refractivity contribution in [2.45, 2.75) is 12.8 Å². The molecule has 31 heavy (non-hydrogen) atoms. The number of rotatable bonds is 9. The van der Waals surface area contributed by atoms with Crippen LogP contribution in [0.3, 0.4) is 0 Å². The summed E-state index contributed by atoms with van der Waals surface area (Å²) in [6.07, 6.45) is 3.41. The minimum Gasteiger partial charge on any atom is -0.492 e. The summed E-state index contributed by atoms with van der Waals surface area (Å²) in [4.78, 5) is 16.6. The van der Waals surface area contributed by atoms with Crippen LogP contribution in [-0.4, -0.2) is 77.3 Å². The molecule has 0 bridgehead atoms. The van der Waals surface area contributed by atoms with E-state index in [0.717, 1.165) is 63.5 Å². The van der Waals surface area contributed by atoms with Crippen LogP contribution >= 0.6 is 11.6 Å². The molecule has 4 rings (SSSR count). The summed E-state index contributed by atoms with van der Waals surface area (Å²) >= 11 is 6.12. The summed E-state index contributed by atoms with van der Waals surface area (Å²) in [5.74, 6) is 0.923. The molecule has 1 aromatic carbocycles. The van der Waals surface area contributed by atoms with Crippen LogP contribution in [0.1, 0.15) is 12.0 Å². The number of hydrogen-bond donors (Lipinski definition) is 2. The van der Waals surface area contributed by atoms with Crippen molar-refractivity contribution in [1.29, 1.82) is 0 Å². The second kappa shape index (κ2) is 10.2. The molecular formula is C22H29ClN6O2. The number of anilines is 1. The first kappa shape index (κ1) is 21.7. The first-order valence-electron chi connectivity index (χ1n) is 10.7. The zero-order chi connectivity index (χ0) is 21.6. The van der Waals surface area contributed by atoms with Gasteiger partial charge in [-0.15, -0.1) is 0 Å². The number of pyridine rings is 1. The van der Waals surface area contributed by atoms with Crippen LogP contribution in [0.25, 0.3) is 5.65 Å². The minimum atomic E-state index is -0.301. The molecule has 2 N–H and O–H groups in total. The maximum atomic E-state index is 11.8. The lowest BCUT2D eigenvalue weighted by molar-refractivity contribution is 0.133. The summed E-state index contributed by atoms with van der Waals surface area (Å²) in [6.45, 7) is 6.89. The Kier molecular flexibility index (Phi) is 7.11. The highest BCUT2D eigenvalue weighted by Gasteiger charge is 2.13. The molecule has 1 fully saturated rings. The number of halogens is 1. The van der Waals surface area contributed by atoms with Gasteiger partial charge in [0.25, 0.3) is 0 Å². The molecule has 0 radical (unpaired) electrons. The first-order chi connectivity index (χ1) is 15.1. The molecule has 0 spiro atoms. The van der Waals surface area contributed by atoms with Crippen LogP contribution in [0.4, 0.5) is 5.69 Å². The number of likely N-dealkylation sites (N-methyl/N-ethyl adjacent to an activating group) is 1. The lowest BCUT2D eigenvalue weighted by atomic mass is 10.1. The van der Waals surface area contributed by atoms with E-state index in [1.807, 2.05) is 12.1 Å². The standard InChI is InChI=1S/C22H29ClN6O2/c1-27-8-10-28(11-9-27)12-13-31-19-6-2-4-17(14-19)5-3-7-24-20-15-18(23)16-29-21(20)25-26-22(29)30/h2,4,6,14-16,24H,3,5,7-13H2,1H3,(H,26,30). The molecule has 0 aliphatic carbocycles. The quantitative estimate of drug-likeness (QED) is 0.493. The zero-order valence-electron chi connectivity index (χ0n) is 17.8. The highest BCUT2D eigenvalue weighted by Crippen LogP contribution is 2.20. The molecule has 2 aromatic heterocycles. The number of ether oxygens (including phenoxy) is 1. The van der Waals surface area contributed by atoms with E-state index < -0.39 is 0 Å². The molecule has 0 unspecified atom stereocenters. The van der Waals surface area contributed by atoms with Gasteiger partial charge < -0.3 is 15.0 Å². The molecule has 9 heteroatoms. The van der Waals surface area contributed by atoms with Crippen LogP contribution in [0, 0.1) is 0 Å². The number of hydrogen-bond acceptors (Lipinski definition) is 6. The van der Waals surface area contributed by atoms with Crippen LogP contribution in [0.2, 0.25) is 5.02 Å². The highest BCUT2D eigenvalue weighted by molar-refractivity contribution is 6.30. The maximum Gasteiger partial charge on any atom is 0.347 e.